The summed E-state index contributed by atoms with van der Waals surface area (Å²) < 4.78 is 25.4. The van der Waals surface area contributed by atoms with Crippen LogP contribution < -0.4 is 5.73 Å². The molecule has 5 nitrogen and oxygen atoms in total. The van der Waals surface area contributed by atoms with E-state index in [1.54, 1.807) is 0 Å². The van der Waals surface area contributed by atoms with Crippen molar-refractivity contribution < 1.29 is 18.9 Å². The number of benzene rings is 3. The quantitative estimate of drug-likeness (QED) is 0.373. The highest BCUT2D eigenvalue weighted by Crippen LogP contribution is 2.29. The van der Waals surface area contributed by atoms with E-state index in [0.29, 0.717) is 32.8 Å². The number of hydrogen-bond acceptors (Lipinski definition) is 5. The molecule has 0 radical (unpaired) electrons. The predicted octanol–water partition coefficient (Wildman–Crippen LogP) is 5.04. The molecule has 184 valence electrons. The SMILES string of the molecule is C=CC[C@H]1OC(COCc2ccccc2)[C@@H](OCc2ccccc2)[C@@H](OCc2ccccc2)C1N. The molecule has 5 heteroatoms. The highest BCUT2D eigenvalue weighted by Gasteiger charge is 2.45. The van der Waals surface area contributed by atoms with Crippen molar-refractivity contribution in [3.63, 3.8) is 0 Å². The summed E-state index contributed by atoms with van der Waals surface area (Å²) in [4.78, 5) is 0. The first-order valence-corrected chi connectivity index (χ1v) is 12.2. The Kier molecular flexibility index (Phi) is 9.64. The van der Waals surface area contributed by atoms with Gasteiger partial charge in [-0.15, -0.1) is 6.58 Å². The fourth-order valence-electron chi connectivity index (χ4n) is 4.35. The van der Waals surface area contributed by atoms with Crippen LogP contribution in [0.4, 0.5) is 0 Å². The monoisotopic (exact) mass is 473 g/mol. The molecule has 1 aliphatic rings. The standard InChI is InChI=1S/C30H35NO4/c1-2-12-26-28(31)30(34-21-25-17-10-5-11-18-25)29(33-20-24-15-8-4-9-16-24)27(35-26)22-32-19-23-13-6-3-7-14-23/h2-11,13-18,26-30H,1,12,19-22,31H2/t26-,27?,28?,29-,30+/m1/s1. The Hall–Kier alpha value is -2.80. The molecule has 0 bridgehead atoms. The molecule has 3 aromatic rings. The average Bonchev–Trinajstić information content (AvgIpc) is 2.90. The number of nitrogens with two attached hydrogens (primary N) is 1. The lowest BCUT2D eigenvalue weighted by Gasteiger charge is -2.45. The maximum atomic E-state index is 6.70. The first kappa shape index (κ1) is 25.3. The molecular formula is C30H35NO4. The molecule has 2 unspecified atom stereocenters. The first-order valence-electron chi connectivity index (χ1n) is 12.2. The molecule has 1 saturated heterocycles. The molecule has 35 heavy (non-hydrogen) atoms. The van der Waals surface area contributed by atoms with Crippen LogP contribution in [0.2, 0.25) is 0 Å². The van der Waals surface area contributed by atoms with E-state index in [4.69, 9.17) is 24.7 Å². The van der Waals surface area contributed by atoms with E-state index >= 15 is 0 Å². The lowest BCUT2D eigenvalue weighted by Crippen LogP contribution is -2.63. The predicted molar refractivity (Wildman–Crippen MR) is 138 cm³/mol. The maximum absolute atomic E-state index is 6.70. The summed E-state index contributed by atoms with van der Waals surface area (Å²) in [5, 5.41) is 0. The van der Waals surface area contributed by atoms with E-state index in [2.05, 4.69) is 6.58 Å². The van der Waals surface area contributed by atoms with Crippen LogP contribution in [-0.4, -0.2) is 37.1 Å². The van der Waals surface area contributed by atoms with Crippen molar-refractivity contribution in [2.24, 2.45) is 5.73 Å². The van der Waals surface area contributed by atoms with Gasteiger partial charge in [0.05, 0.1) is 38.6 Å². The Morgan fingerprint density at radius 2 is 1.17 bits per heavy atom. The third-order valence-electron chi connectivity index (χ3n) is 6.21. The third-order valence-corrected chi connectivity index (χ3v) is 6.21. The van der Waals surface area contributed by atoms with Crippen molar-refractivity contribution in [2.45, 2.75) is 56.7 Å². The summed E-state index contributed by atoms with van der Waals surface area (Å²) in [6.07, 6.45) is 1.18. The molecule has 0 spiro atoms. The van der Waals surface area contributed by atoms with E-state index in [1.165, 1.54) is 0 Å². The highest BCUT2D eigenvalue weighted by molar-refractivity contribution is 5.15. The van der Waals surface area contributed by atoms with Crippen LogP contribution in [0.15, 0.2) is 104 Å². The van der Waals surface area contributed by atoms with Gasteiger partial charge in [-0.3, -0.25) is 0 Å². The fourth-order valence-corrected chi connectivity index (χ4v) is 4.35. The second-order valence-corrected chi connectivity index (χ2v) is 8.84. The van der Waals surface area contributed by atoms with Gasteiger partial charge in [0, 0.05) is 0 Å². The van der Waals surface area contributed by atoms with E-state index in [1.807, 2.05) is 97.1 Å². The summed E-state index contributed by atoms with van der Waals surface area (Å²) in [5.41, 5.74) is 9.98. The van der Waals surface area contributed by atoms with Crippen molar-refractivity contribution in [3.8, 4) is 0 Å². The summed E-state index contributed by atoms with van der Waals surface area (Å²) in [6, 6.07) is 30.0. The van der Waals surface area contributed by atoms with Crippen LogP contribution in [0.3, 0.4) is 0 Å². The fraction of sp³-hybridized carbons (Fsp3) is 0.333. The van der Waals surface area contributed by atoms with E-state index < -0.39 is 0 Å². The Labute approximate surface area is 208 Å². The first-order chi connectivity index (χ1) is 17.2. The Morgan fingerprint density at radius 1 is 0.686 bits per heavy atom. The van der Waals surface area contributed by atoms with Crippen LogP contribution >= 0.6 is 0 Å². The minimum Gasteiger partial charge on any atom is -0.374 e. The highest BCUT2D eigenvalue weighted by atomic mass is 16.6. The van der Waals surface area contributed by atoms with Gasteiger partial charge in [0.2, 0.25) is 0 Å². The van der Waals surface area contributed by atoms with Gasteiger partial charge in [0.15, 0.2) is 0 Å². The van der Waals surface area contributed by atoms with E-state index in [-0.39, 0.29) is 30.5 Å². The van der Waals surface area contributed by atoms with Crippen LogP contribution in [0.25, 0.3) is 0 Å². The van der Waals surface area contributed by atoms with Gasteiger partial charge in [0.25, 0.3) is 0 Å². The third kappa shape index (κ3) is 7.34. The van der Waals surface area contributed by atoms with Crippen LogP contribution in [0, 0.1) is 0 Å². The molecule has 2 N–H and O–H groups in total. The largest absolute Gasteiger partial charge is 0.374 e. The Bertz CT molecular complexity index is 999. The molecular weight excluding hydrogens is 438 g/mol. The van der Waals surface area contributed by atoms with Gasteiger partial charge in [-0.25, -0.2) is 0 Å². The van der Waals surface area contributed by atoms with Gasteiger partial charge < -0.3 is 24.7 Å². The summed E-state index contributed by atoms with van der Waals surface area (Å²) in [7, 11) is 0. The summed E-state index contributed by atoms with van der Waals surface area (Å²) >= 11 is 0. The van der Waals surface area contributed by atoms with Gasteiger partial charge in [-0.05, 0) is 23.1 Å². The molecule has 3 aromatic carbocycles. The Morgan fingerprint density at radius 3 is 1.69 bits per heavy atom. The molecule has 4 rings (SSSR count). The number of ether oxygens (including phenoxy) is 4. The molecule has 0 saturated carbocycles. The normalized spacial score (nSPS) is 24.2. The van der Waals surface area contributed by atoms with Gasteiger partial charge in [0.1, 0.15) is 18.3 Å². The summed E-state index contributed by atoms with van der Waals surface area (Å²) in [6.45, 7) is 5.65. The maximum Gasteiger partial charge on any atom is 0.114 e. The molecule has 0 aliphatic carbocycles. The van der Waals surface area contributed by atoms with Crippen molar-refractivity contribution in [1.82, 2.24) is 0 Å². The second kappa shape index (κ2) is 13.3. The molecule has 1 heterocycles. The van der Waals surface area contributed by atoms with Crippen LogP contribution in [0.1, 0.15) is 23.1 Å². The zero-order chi connectivity index (χ0) is 24.3. The molecule has 1 aliphatic heterocycles. The average molecular weight is 474 g/mol. The molecule has 0 aromatic heterocycles. The minimum absolute atomic E-state index is 0.227. The van der Waals surface area contributed by atoms with Crippen LogP contribution in [-0.2, 0) is 38.8 Å². The van der Waals surface area contributed by atoms with Crippen molar-refractivity contribution >= 4 is 0 Å². The number of hydrogen-bond donors (Lipinski definition) is 1. The van der Waals surface area contributed by atoms with Gasteiger partial charge >= 0.3 is 0 Å². The van der Waals surface area contributed by atoms with E-state index in [0.717, 1.165) is 16.7 Å². The van der Waals surface area contributed by atoms with Crippen molar-refractivity contribution in [3.05, 3.63) is 120 Å². The smallest absolute Gasteiger partial charge is 0.114 e. The van der Waals surface area contributed by atoms with Gasteiger partial charge in [-0.1, -0.05) is 97.1 Å². The zero-order valence-electron chi connectivity index (χ0n) is 20.1. The molecule has 0 amide bonds. The lowest BCUT2D eigenvalue weighted by molar-refractivity contribution is -0.227. The summed E-state index contributed by atoms with van der Waals surface area (Å²) in [5.74, 6) is 0. The molecule has 1 fully saturated rings. The van der Waals surface area contributed by atoms with E-state index in [9.17, 15) is 0 Å². The van der Waals surface area contributed by atoms with Crippen LogP contribution in [0.5, 0.6) is 0 Å². The van der Waals surface area contributed by atoms with Crippen molar-refractivity contribution in [1.29, 1.82) is 0 Å². The Balaban J connectivity index is 1.50. The second-order valence-electron chi connectivity index (χ2n) is 8.84. The molecule has 5 atom stereocenters. The minimum atomic E-state index is -0.384. The number of rotatable bonds is 12. The zero-order valence-corrected chi connectivity index (χ0v) is 20.1. The van der Waals surface area contributed by atoms with Gasteiger partial charge in [-0.2, -0.15) is 0 Å². The lowest BCUT2D eigenvalue weighted by atomic mass is 9.91. The topological polar surface area (TPSA) is 62.9 Å². The van der Waals surface area contributed by atoms with Crippen molar-refractivity contribution in [2.75, 3.05) is 6.61 Å².